The summed E-state index contributed by atoms with van der Waals surface area (Å²) < 4.78 is 0. The van der Waals surface area contributed by atoms with Gasteiger partial charge in [-0.1, -0.05) is 113 Å². The van der Waals surface area contributed by atoms with E-state index in [2.05, 4.69) is 90.1 Å². The molecule has 1 heteroatoms. The van der Waals surface area contributed by atoms with Crippen molar-refractivity contribution < 1.29 is 0 Å². The first-order valence-electron chi connectivity index (χ1n) is 9.07. The van der Waals surface area contributed by atoms with Crippen LogP contribution in [0.1, 0.15) is 47.1 Å². The zero-order valence-electron chi connectivity index (χ0n) is 15.7. The highest BCUT2D eigenvalue weighted by atomic mass is 28.3. The highest BCUT2D eigenvalue weighted by Crippen LogP contribution is 2.27. The van der Waals surface area contributed by atoms with Crippen LogP contribution in [0.3, 0.4) is 0 Å². The molecule has 0 saturated heterocycles. The highest BCUT2D eigenvalue weighted by Gasteiger charge is 2.28. The molecule has 2 aromatic carbocycles. The van der Waals surface area contributed by atoms with E-state index in [9.17, 15) is 0 Å². The fourth-order valence-corrected chi connectivity index (χ4v) is 7.14. The van der Waals surface area contributed by atoms with E-state index in [1.165, 1.54) is 34.8 Å². The third-order valence-electron chi connectivity index (χ3n) is 5.61. The first kappa shape index (κ1) is 18.0. The van der Waals surface area contributed by atoms with E-state index < -0.39 is 8.07 Å². The van der Waals surface area contributed by atoms with Crippen LogP contribution in [0.5, 0.6) is 0 Å². The molecule has 0 nitrogen and oxygen atoms in total. The Morgan fingerprint density at radius 3 is 1.39 bits per heavy atom. The molecule has 0 saturated carbocycles. The van der Waals surface area contributed by atoms with Gasteiger partial charge in [0.25, 0.3) is 0 Å². The normalized spacial score (nSPS) is 12.4. The van der Waals surface area contributed by atoms with Crippen LogP contribution in [0.4, 0.5) is 0 Å². The van der Waals surface area contributed by atoms with E-state index in [-0.39, 0.29) is 5.41 Å². The van der Waals surface area contributed by atoms with Gasteiger partial charge in [-0.2, -0.15) is 0 Å². The first-order chi connectivity index (χ1) is 10.9. The summed E-state index contributed by atoms with van der Waals surface area (Å²) in [5.41, 5.74) is 4.27. The van der Waals surface area contributed by atoms with Crippen molar-refractivity contribution in [3.05, 3.63) is 54.1 Å². The van der Waals surface area contributed by atoms with Crippen molar-refractivity contribution in [1.82, 2.24) is 0 Å². The van der Waals surface area contributed by atoms with Crippen LogP contribution in [0.15, 0.2) is 48.5 Å². The summed E-state index contributed by atoms with van der Waals surface area (Å²) in [7, 11) is -1.25. The molecule has 0 atom stereocenters. The van der Waals surface area contributed by atoms with E-state index in [0.717, 1.165) is 0 Å². The molecule has 0 fully saturated rings. The maximum Gasteiger partial charge on any atom is 0.0859 e. The van der Waals surface area contributed by atoms with E-state index >= 15 is 0 Å². The Hall–Kier alpha value is -1.34. The quantitative estimate of drug-likeness (QED) is 0.561. The Labute approximate surface area is 144 Å². The fourth-order valence-electron chi connectivity index (χ4n) is 3.54. The Balaban J connectivity index is 2.29. The van der Waals surface area contributed by atoms with Crippen molar-refractivity contribution in [2.24, 2.45) is 0 Å². The zero-order valence-corrected chi connectivity index (χ0v) is 16.7. The monoisotopic (exact) mass is 324 g/mol. The first-order valence-corrected chi connectivity index (χ1v) is 11.7. The van der Waals surface area contributed by atoms with Crippen molar-refractivity contribution in [2.45, 2.75) is 65.1 Å². The summed E-state index contributed by atoms with van der Waals surface area (Å²) in [4.78, 5) is 0. The summed E-state index contributed by atoms with van der Waals surface area (Å²) in [5, 5.41) is 1.63. The maximum absolute atomic E-state index is 2.40. The summed E-state index contributed by atoms with van der Waals surface area (Å²) in [6.45, 7) is 13.9. The third-order valence-corrected chi connectivity index (χ3v) is 11.2. The second-order valence-electron chi connectivity index (χ2n) is 7.75. The van der Waals surface area contributed by atoms with Crippen LogP contribution in [-0.4, -0.2) is 8.07 Å². The number of benzene rings is 2. The molecule has 0 radical (unpaired) electrons. The van der Waals surface area contributed by atoms with Gasteiger partial charge >= 0.3 is 0 Å². The van der Waals surface area contributed by atoms with Crippen molar-refractivity contribution in [3.8, 4) is 11.1 Å². The van der Waals surface area contributed by atoms with Crippen LogP contribution in [-0.2, 0) is 5.41 Å². The maximum atomic E-state index is 2.40. The SMILES string of the molecule is CC[Si](CC)(CC)c1ccc(-c2ccc(C(C)(C)C)cc2)cc1. The predicted molar refractivity (Wildman–Crippen MR) is 107 cm³/mol. The van der Waals surface area contributed by atoms with Gasteiger partial charge in [-0.05, 0) is 22.1 Å². The van der Waals surface area contributed by atoms with Crippen LogP contribution in [0.2, 0.25) is 18.1 Å². The van der Waals surface area contributed by atoms with Gasteiger partial charge in [-0.25, -0.2) is 0 Å². The van der Waals surface area contributed by atoms with Gasteiger partial charge in [-0.3, -0.25) is 0 Å². The van der Waals surface area contributed by atoms with Crippen molar-refractivity contribution in [2.75, 3.05) is 0 Å². The highest BCUT2D eigenvalue weighted by molar-refractivity contribution is 6.91. The van der Waals surface area contributed by atoms with Gasteiger partial charge in [0.05, 0.1) is 8.07 Å². The third kappa shape index (κ3) is 3.77. The van der Waals surface area contributed by atoms with Gasteiger partial charge < -0.3 is 0 Å². The molecule has 2 rings (SSSR count). The summed E-state index contributed by atoms with van der Waals surface area (Å²) in [5.74, 6) is 0. The molecule has 0 amide bonds. The number of hydrogen-bond acceptors (Lipinski definition) is 0. The van der Waals surface area contributed by atoms with Gasteiger partial charge in [0.2, 0.25) is 0 Å². The smallest absolute Gasteiger partial charge is 0.0675 e. The molecule has 0 bridgehead atoms. The van der Waals surface area contributed by atoms with E-state index in [1.54, 1.807) is 5.19 Å². The molecular weight excluding hydrogens is 292 g/mol. The van der Waals surface area contributed by atoms with Gasteiger partial charge in [-0.15, -0.1) is 0 Å². The van der Waals surface area contributed by atoms with E-state index in [1.807, 2.05) is 0 Å². The topological polar surface area (TPSA) is 0 Å². The molecule has 124 valence electrons. The molecule has 0 unspecified atom stereocenters. The van der Waals surface area contributed by atoms with Gasteiger partial charge in [0, 0.05) is 0 Å². The molecule has 0 spiro atoms. The van der Waals surface area contributed by atoms with Crippen LogP contribution >= 0.6 is 0 Å². The van der Waals surface area contributed by atoms with Crippen molar-refractivity contribution >= 4 is 13.3 Å². The Morgan fingerprint density at radius 1 is 0.652 bits per heavy atom. The Bertz CT molecular complexity index is 602. The lowest BCUT2D eigenvalue weighted by molar-refractivity contribution is 0.590. The molecule has 23 heavy (non-hydrogen) atoms. The summed E-state index contributed by atoms with van der Waals surface area (Å²) in [6.07, 6.45) is 0. The average Bonchev–Trinajstić information content (AvgIpc) is 2.57. The van der Waals surface area contributed by atoms with Crippen LogP contribution in [0, 0.1) is 0 Å². The molecule has 0 heterocycles. The van der Waals surface area contributed by atoms with E-state index in [0.29, 0.717) is 0 Å². The van der Waals surface area contributed by atoms with Crippen molar-refractivity contribution in [3.63, 3.8) is 0 Å². The summed E-state index contributed by atoms with van der Waals surface area (Å²) in [6, 6.07) is 22.6. The Kier molecular flexibility index (Phi) is 5.51. The molecule has 0 aliphatic rings. The van der Waals surface area contributed by atoms with E-state index in [4.69, 9.17) is 0 Å². The van der Waals surface area contributed by atoms with Gasteiger partial charge in [0.15, 0.2) is 0 Å². The second kappa shape index (κ2) is 7.05. The minimum Gasteiger partial charge on any atom is -0.0675 e. The minimum absolute atomic E-state index is 0.219. The second-order valence-corrected chi connectivity index (χ2v) is 13.0. The minimum atomic E-state index is -1.25. The standard InChI is InChI=1S/C22H32Si/c1-7-23(8-2,9-3)21-16-12-19(13-17-21)18-10-14-20(15-11-18)22(4,5)6/h10-17H,7-9H2,1-6H3. The van der Waals surface area contributed by atoms with Gasteiger partial charge in [0.1, 0.15) is 0 Å². The predicted octanol–water partition coefficient (Wildman–Crippen LogP) is 6.37. The molecular formula is C22H32Si. The van der Waals surface area contributed by atoms with Crippen molar-refractivity contribution in [1.29, 1.82) is 0 Å². The number of hydrogen-bond donors (Lipinski definition) is 0. The number of rotatable bonds is 5. The lowest BCUT2D eigenvalue weighted by atomic mass is 9.86. The fraction of sp³-hybridized carbons (Fsp3) is 0.455. The molecule has 2 aromatic rings. The summed E-state index contributed by atoms with van der Waals surface area (Å²) >= 11 is 0. The zero-order chi connectivity index (χ0) is 17.1. The molecule has 0 aliphatic heterocycles. The largest absolute Gasteiger partial charge is 0.0859 e. The lowest BCUT2D eigenvalue weighted by Gasteiger charge is -2.28. The molecule has 0 aromatic heterocycles. The van der Waals surface area contributed by atoms with Crippen LogP contribution < -0.4 is 5.19 Å². The molecule has 0 aliphatic carbocycles. The lowest BCUT2D eigenvalue weighted by Crippen LogP contribution is -2.45. The van der Waals surface area contributed by atoms with Crippen LogP contribution in [0.25, 0.3) is 11.1 Å². The molecule has 0 N–H and O–H groups in total. The average molecular weight is 325 g/mol. The Morgan fingerprint density at radius 2 is 1.04 bits per heavy atom.